The average molecular weight is 396 g/mol. The van der Waals surface area contributed by atoms with Crippen molar-refractivity contribution in [2.45, 2.75) is 46.3 Å². The van der Waals surface area contributed by atoms with E-state index < -0.39 is 4.92 Å². The predicted octanol–water partition coefficient (Wildman–Crippen LogP) is 6.00. The lowest BCUT2D eigenvalue weighted by atomic mass is 10.1. The van der Waals surface area contributed by atoms with E-state index in [1.54, 1.807) is 23.5 Å². The van der Waals surface area contributed by atoms with Gasteiger partial charge in [0.2, 0.25) is 0 Å². The van der Waals surface area contributed by atoms with Crippen LogP contribution in [0.15, 0.2) is 53.9 Å². The largest absolute Gasteiger partial charge is 0.294 e. The van der Waals surface area contributed by atoms with Gasteiger partial charge in [0.05, 0.1) is 10.6 Å². The smallest absolute Gasteiger partial charge is 0.269 e. The topological polar surface area (TPSA) is 59.3 Å². The maximum absolute atomic E-state index is 10.8. The van der Waals surface area contributed by atoms with E-state index in [1.807, 2.05) is 5.38 Å². The molecule has 0 atom stereocenters. The Morgan fingerprint density at radius 3 is 2.07 bits per heavy atom. The van der Waals surface area contributed by atoms with Crippen molar-refractivity contribution in [3.63, 3.8) is 0 Å². The van der Waals surface area contributed by atoms with E-state index >= 15 is 0 Å². The second-order valence-corrected chi connectivity index (χ2v) is 8.26. The standard InChI is InChI=1S/C22H25N3O2S/c1-15(2)24(16(3)4)13-17-5-7-18(8-6-17)21-14-28-22(23-21)19-9-11-20(12-10-19)25(26)27/h5-12,14-16H,13H2,1-4H3. The molecule has 0 unspecified atom stereocenters. The number of hydrogen-bond donors (Lipinski definition) is 0. The minimum atomic E-state index is -0.391. The highest BCUT2D eigenvalue weighted by Crippen LogP contribution is 2.30. The van der Waals surface area contributed by atoms with Gasteiger partial charge in [0.25, 0.3) is 5.69 Å². The molecule has 2 aromatic carbocycles. The summed E-state index contributed by atoms with van der Waals surface area (Å²) in [5.74, 6) is 0. The summed E-state index contributed by atoms with van der Waals surface area (Å²) in [5.41, 5.74) is 4.27. The molecule has 0 amide bonds. The Kier molecular flexibility index (Phi) is 6.21. The van der Waals surface area contributed by atoms with Crippen LogP contribution in [0.1, 0.15) is 33.3 Å². The van der Waals surface area contributed by atoms with E-state index in [9.17, 15) is 10.1 Å². The van der Waals surface area contributed by atoms with Crippen molar-refractivity contribution in [3.8, 4) is 21.8 Å². The van der Waals surface area contributed by atoms with Gasteiger partial charge in [0.1, 0.15) is 5.01 Å². The molecule has 0 radical (unpaired) electrons. The van der Waals surface area contributed by atoms with Gasteiger partial charge in [0.15, 0.2) is 0 Å². The molecule has 5 nitrogen and oxygen atoms in total. The molecule has 6 heteroatoms. The molecular weight excluding hydrogens is 370 g/mol. The molecule has 0 bridgehead atoms. The van der Waals surface area contributed by atoms with Gasteiger partial charge < -0.3 is 0 Å². The van der Waals surface area contributed by atoms with Crippen molar-refractivity contribution in [2.75, 3.05) is 0 Å². The van der Waals surface area contributed by atoms with E-state index in [1.165, 1.54) is 17.7 Å². The fourth-order valence-electron chi connectivity index (χ4n) is 3.22. The molecule has 0 spiro atoms. The van der Waals surface area contributed by atoms with Gasteiger partial charge in [-0.25, -0.2) is 4.98 Å². The van der Waals surface area contributed by atoms with E-state index in [0.29, 0.717) is 12.1 Å². The summed E-state index contributed by atoms with van der Waals surface area (Å²) in [6.45, 7) is 9.83. The SMILES string of the molecule is CC(C)N(Cc1ccc(-c2csc(-c3ccc([N+](=O)[O-])cc3)n2)cc1)C(C)C. The molecule has 146 valence electrons. The molecule has 1 heterocycles. The summed E-state index contributed by atoms with van der Waals surface area (Å²) in [6, 6.07) is 16.1. The van der Waals surface area contributed by atoms with Crippen LogP contribution in [0.3, 0.4) is 0 Å². The Morgan fingerprint density at radius 1 is 0.964 bits per heavy atom. The summed E-state index contributed by atoms with van der Waals surface area (Å²) in [6.07, 6.45) is 0. The molecule has 0 saturated heterocycles. The van der Waals surface area contributed by atoms with Crippen molar-refractivity contribution in [1.29, 1.82) is 0 Å². The minimum Gasteiger partial charge on any atom is -0.294 e. The molecule has 0 aliphatic carbocycles. The Morgan fingerprint density at radius 2 is 1.54 bits per heavy atom. The fraction of sp³-hybridized carbons (Fsp3) is 0.318. The molecule has 0 fully saturated rings. The maximum Gasteiger partial charge on any atom is 0.269 e. The number of aromatic nitrogens is 1. The minimum absolute atomic E-state index is 0.0907. The van der Waals surface area contributed by atoms with Crippen molar-refractivity contribution >= 4 is 17.0 Å². The third-order valence-electron chi connectivity index (χ3n) is 4.77. The zero-order valence-electron chi connectivity index (χ0n) is 16.6. The molecule has 0 aliphatic heterocycles. The zero-order valence-corrected chi connectivity index (χ0v) is 17.4. The van der Waals surface area contributed by atoms with Crippen molar-refractivity contribution in [3.05, 3.63) is 69.6 Å². The fourth-order valence-corrected chi connectivity index (χ4v) is 4.05. The molecule has 3 rings (SSSR count). The Balaban J connectivity index is 1.75. The van der Waals surface area contributed by atoms with Gasteiger partial charge in [-0.05, 0) is 45.4 Å². The zero-order chi connectivity index (χ0) is 20.3. The van der Waals surface area contributed by atoms with Crippen LogP contribution in [0, 0.1) is 10.1 Å². The van der Waals surface area contributed by atoms with Crippen LogP contribution in [0.4, 0.5) is 5.69 Å². The van der Waals surface area contributed by atoms with Crippen molar-refractivity contribution < 1.29 is 4.92 Å². The first-order valence-corrected chi connectivity index (χ1v) is 10.3. The van der Waals surface area contributed by atoms with Crippen molar-refractivity contribution in [2.24, 2.45) is 0 Å². The van der Waals surface area contributed by atoms with Gasteiger partial charge >= 0.3 is 0 Å². The highest BCUT2D eigenvalue weighted by Gasteiger charge is 2.14. The highest BCUT2D eigenvalue weighted by atomic mass is 32.1. The highest BCUT2D eigenvalue weighted by molar-refractivity contribution is 7.13. The van der Waals surface area contributed by atoms with Crippen molar-refractivity contribution in [1.82, 2.24) is 9.88 Å². The second kappa shape index (κ2) is 8.63. The van der Waals surface area contributed by atoms with Crippen LogP contribution in [-0.2, 0) is 6.54 Å². The van der Waals surface area contributed by atoms with Gasteiger partial charge in [-0.2, -0.15) is 0 Å². The number of benzene rings is 2. The number of rotatable bonds is 7. The van der Waals surface area contributed by atoms with Crippen LogP contribution in [0.25, 0.3) is 21.8 Å². The summed E-state index contributed by atoms with van der Waals surface area (Å²) in [5, 5.41) is 13.7. The van der Waals surface area contributed by atoms with Crippen LogP contribution in [0.2, 0.25) is 0 Å². The normalized spacial score (nSPS) is 11.5. The van der Waals surface area contributed by atoms with E-state index in [2.05, 4.69) is 56.9 Å². The van der Waals surface area contributed by atoms with E-state index in [0.717, 1.165) is 28.4 Å². The third-order valence-corrected chi connectivity index (χ3v) is 5.66. The lowest BCUT2D eigenvalue weighted by Gasteiger charge is -2.30. The number of nitro benzene ring substituents is 1. The van der Waals surface area contributed by atoms with Gasteiger partial charge in [-0.1, -0.05) is 24.3 Å². The van der Waals surface area contributed by atoms with Crippen LogP contribution in [-0.4, -0.2) is 26.9 Å². The quantitative estimate of drug-likeness (QED) is 0.363. The molecule has 3 aromatic rings. The van der Waals surface area contributed by atoms with Crippen LogP contribution >= 0.6 is 11.3 Å². The lowest BCUT2D eigenvalue weighted by molar-refractivity contribution is -0.384. The van der Waals surface area contributed by atoms with Gasteiger partial charge in [0, 0.05) is 47.3 Å². The summed E-state index contributed by atoms with van der Waals surface area (Å²) in [7, 11) is 0. The molecular formula is C22H25N3O2S. The number of nitro groups is 1. The molecule has 28 heavy (non-hydrogen) atoms. The maximum atomic E-state index is 10.8. The molecule has 0 aliphatic rings. The third kappa shape index (κ3) is 4.64. The molecule has 1 aromatic heterocycles. The Labute approximate surface area is 169 Å². The number of thiazole rings is 1. The lowest BCUT2D eigenvalue weighted by Crippen LogP contribution is -2.36. The first-order chi connectivity index (χ1) is 13.3. The van der Waals surface area contributed by atoms with E-state index in [4.69, 9.17) is 4.98 Å². The number of non-ortho nitro benzene ring substituents is 1. The van der Waals surface area contributed by atoms with Crippen LogP contribution in [0.5, 0.6) is 0 Å². The number of nitrogens with zero attached hydrogens (tertiary/aromatic N) is 3. The van der Waals surface area contributed by atoms with Crippen LogP contribution < -0.4 is 0 Å². The Bertz CT molecular complexity index is 923. The summed E-state index contributed by atoms with van der Waals surface area (Å²) < 4.78 is 0. The molecule has 0 saturated carbocycles. The summed E-state index contributed by atoms with van der Waals surface area (Å²) >= 11 is 1.55. The summed E-state index contributed by atoms with van der Waals surface area (Å²) in [4.78, 5) is 17.6. The average Bonchev–Trinajstić information content (AvgIpc) is 3.16. The second-order valence-electron chi connectivity index (χ2n) is 7.40. The monoisotopic (exact) mass is 395 g/mol. The predicted molar refractivity (Wildman–Crippen MR) is 115 cm³/mol. The van der Waals surface area contributed by atoms with Gasteiger partial charge in [-0.3, -0.25) is 15.0 Å². The van der Waals surface area contributed by atoms with Gasteiger partial charge in [-0.15, -0.1) is 11.3 Å². The first-order valence-electron chi connectivity index (χ1n) is 9.40. The molecule has 0 N–H and O–H groups in total. The van der Waals surface area contributed by atoms with E-state index in [-0.39, 0.29) is 5.69 Å². The Hall–Kier alpha value is -2.57. The first kappa shape index (κ1) is 20.2. The number of hydrogen-bond acceptors (Lipinski definition) is 5.